The summed E-state index contributed by atoms with van der Waals surface area (Å²) in [5, 5.41) is 7.91. The van der Waals surface area contributed by atoms with Gasteiger partial charge in [0, 0.05) is 13.6 Å². The first-order valence-corrected chi connectivity index (χ1v) is 5.99. The summed E-state index contributed by atoms with van der Waals surface area (Å²) in [6.45, 7) is 3.65. The van der Waals surface area contributed by atoms with Gasteiger partial charge in [-0.05, 0) is 6.92 Å². The van der Waals surface area contributed by atoms with E-state index in [4.69, 9.17) is 16.3 Å². The predicted octanol–water partition coefficient (Wildman–Crippen LogP) is 0.482. The minimum atomic E-state index is -0.227. The molecule has 2 heterocycles. The van der Waals surface area contributed by atoms with Crippen molar-refractivity contribution < 1.29 is 9.53 Å². The van der Waals surface area contributed by atoms with E-state index in [9.17, 15) is 4.79 Å². The molecule has 1 aliphatic heterocycles. The highest BCUT2D eigenvalue weighted by molar-refractivity contribution is 6.32. The van der Waals surface area contributed by atoms with E-state index in [0.29, 0.717) is 24.8 Å². The SMILES string of the molecule is Cc1nn(C)c(CC(=O)C2COCCN2)c1Cl. The highest BCUT2D eigenvalue weighted by Crippen LogP contribution is 2.20. The number of halogens is 1. The second kappa shape index (κ2) is 5.16. The number of carbonyl (C=O) groups is 1. The fourth-order valence-electron chi connectivity index (χ4n) is 1.93. The third-order valence-corrected chi connectivity index (χ3v) is 3.41. The van der Waals surface area contributed by atoms with Crippen LogP contribution in [0.25, 0.3) is 0 Å². The van der Waals surface area contributed by atoms with Crippen molar-refractivity contribution in [3.63, 3.8) is 0 Å². The Morgan fingerprint density at radius 2 is 2.47 bits per heavy atom. The van der Waals surface area contributed by atoms with Crippen molar-refractivity contribution in [1.82, 2.24) is 15.1 Å². The molecule has 5 nitrogen and oxygen atoms in total. The van der Waals surface area contributed by atoms with Crippen molar-refractivity contribution in [2.45, 2.75) is 19.4 Å². The molecular weight excluding hydrogens is 242 g/mol. The van der Waals surface area contributed by atoms with E-state index in [2.05, 4.69) is 10.4 Å². The molecule has 2 rings (SSSR count). The highest BCUT2D eigenvalue weighted by atomic mass is 35.5. The minimum absolute atomic E-state index is 0.0922. The van der Waals surface area contributed by atoms with E-state index in [0.717, 1.165) is 11.4 Å². The number of ketones is 1. The monoisotopic (exact) mass is 257 g/mol. The van der Waals surface area contributed by atoms with Gasteiger partial charge in [-0.1, -0.05) is 11.6 Å². The molecule has 1 unspecified atom stereocenters. The lowest BCUT2D eigenvalue weighted by Gasteiger charge is -2.22. The van der Waals surface area contributed by atoms with E-state index in [1.165, 1.54) is 0 Å². The van der Waals surface area contributed by atoms with Gasteiger partial charge in [-0.15, -0.1) is 0 Å². The van der Waals surface area contributed by atoms with Crippen LogP contribution in [-0.2, 0) is 23.0 Å². The molecule has 1 fully saturated rings. The molecule has 6 heteroatoms. The van der Waals surface area contributed by atoms with Crippen LogP contribution in [0, 0.1) is 6.92 Å². The van der Waals surface area contributed by atoms with Crippen LogP contribution < -0.4 is 5.32 Å². The molecule has 1 aliphatic rings. The lowest BCUT2D eigenvalue weighted by atomic mass is 10.1. The number of ether oxygens (including phenoxy) is 1. The molecule has 0 aliphatic carbocycles. The maximum atomic E-state index is 12.0. The number of nitrogens with one attached hydrogen (secondary N) is 1. The third-order valence-electron chi connectivity index (χ3n) is 2.91. The van der Waals surface area contributed by atoms with Crippen LogP contribution in [0.4, 0.5) is 0 Å². The molecule has 0 amide bonds. The van der Waals surface area contributed by atoms with Crippen molar-refractivity contribution in [3.8, 4) is 0 Å². The van der Waals surface area contributed by atoms with Gasteiger partial charge in [-0.3, -0.25) is 9.48 Å². The fourth-order valence-corrected chi connectivity index (χ4v) is 2.16. The van der Waals surface area contributed by atoms with Crippen LogP contribution in [0.1, 0.15) is 11.4 Å². The van der Waals surface area contributed by atoms with Gasteiger partial charge in [0.1, 0.15) is 0 Å². The number of morpholine rings is 1. The van der Waals surface area contributed by atoms with Crippen LogP contribution >= 0.6 is 11.6 Å². The first-order chi connectivity index (χ1) is 8.09. The summed E-state index contributed by atoms with van der Waals surface area (Å²) in [5.74, 6) is 0.0922. The molecule has 1 aromatic heterocycles. The van der Waals surface area contributed by atoms with Crippen LogP contribution in [0.3, 0.4) is 0 Å². The van der Waals surface area contributed by atoms with Crippen LogP contribution in [-0.4, -0.2) is 41.4 Å². The number of hydrogen-bond acceptors (Lipinski definition) is 4. The van der Waals surface area contributed by atoms with Gasteiger partial charge < -0.3 is 10.1 Å². The van der Waals surface area contributed by atoms with E-state index < -0.39 is 0 Å². The zero-order chi connectivity index (χ0) is 12.4. The summed E-state index contributed by atoms with van der Waals surface area (Å²) < 4.78 is 6.93. The van der Waals surface area contributed by atoms with Gasteiger partial charge in [0.05, 0.1) is 42.1 Å². The molecule has 1 saturated heterocycles. The highest BCUT2D eigenvalue weighted by Gasteiger charge is 2.23. The van der Waals surface area contributed by atoms with Gasteiger partial charge in [0.15, 0.2) is 5.78 Å². The van der Waals surface area contributed by atoms with Gasteiger partial charge >= 0.3 is 0 Å². The largest absolute Gasteiger partial charge is 0.378 e. The van der Waals surface area contributed by atoms with Crippen molar-refractivity contribution >= 4 is 17.4 Å². The number of nitrogens with zero attached hydrogens (tertiary/aromatic N) is 2. The number of hydrogen-bond donors (Lipinski definition) is 1. The number of aromatic nitrogens is 2. The zero-order valence-electron chi connectivity index (χ0n) is 9.99. The average Bonchev–Trinajstić information content (AvgIpc) is 2.57. The molecule has 0 aromatic carbocycles. The summed E-state index contributed by atoms with van der Waals surface area (Å²) in [5.41, 5.74) is 1.52. The topological polar surface area (TPSA) is 56.2 Å². The smallest absolute Gasteiger partial charge is 0.158 e. The summed E-state index contributed by atoms with van der Waals surface area (Å²) in [6, 6.07) is -0.227. The Morgan fingerprint density at radius 3 is 3.00 bits per heavy atom. The summed E-state index contributed by atoms with van der Waals surface area (Å²) in [6.07, 6.45) is 0.289. The van der Waals surface area contributed by atoms with Crippen molar-refractivity contribution in [3.05, 3.63) is 16.4 Å². The van der Waals surface area contributed by atoms with E-state index in [-0.39, 0.29) is 18.2 Å². The molecule has 0 bridgehead atoms. The van der Waals surface area contributed by atoms with Crippen LogP contribution in [0.2, 0.25) is 5.02 Å². The Hall–Kier alpha value is -0.910. The van der Waals surface area contributed by atoms with Gasteiger partial charge in [0.2, 0.25) is 0 Å². The molecule has 1 atom stereocenters. The summed E-state index contributed by atoms with van der Waals surface area (Å²) in [7, 11) is 1.80. The standard InChI is InChI=1S/C11H16ClN3O2/c1-7-11(12)9(15(2)14-7)5-10(16)8-6-17-4-3-13-8/h8,13H,3-6H2,1-2H3. The first-order valence-electron chi connectivity index (χ1n) is 5.61. The van der Waals surface area contributed by atoms with Crippen LogP contribution in [0.5, 0.6) is 0 Å². The second-order valence-corrected chi connectivity index (χ2v) is 4.57. The summed E-state index contributed by atoms with van der Waals surface area (Å²) >= 11 is 6.11. The third kappa shape index (κ3) is 2.68. The number of aryl methyl sites for hydroxylation is 2. The Balaban J connectivity index is 2.07. The maximum absolute atomic E-state index is 12.0. The van der Waals surface area contributed by atoms with E-state index in [1.807, 2.05) is 6.92 Å². The van der Waals surface area contributed by atoms with Crippen LogP contribution in [0.15, 0.2) is 0 Å². The van der Waals surface area contributed by atoms with Gasteiger partial charge in [-0.2, -0.15) is 5.10 Å². The molecule has 0 spiro atoms. The average molecular weight is 258 g/mol. The Labute approximate surface area is 105 Å². The van der Waals surface area contributed by atoms with Crippen molar-refractivity contribution in [1.29, 1.82) is 0 Å². The zero-order valence-corrected chi connectivity index (χ0v) is 10.8. The van der Waals surface area contributed by atoms with Gasteiger partial charge in [0.25, 0.3) is 0 Å². The Bertz CT molecular complexity index is 425. The lowest BCUT2D eigenvalue weighted by Crippen LogP contribution is -2.47. The Kier molecular flexibility index (Phi) is 3.81. The first kappa shape index (κ1) is 12.5. The normalized spacial score (nSPS) is 20.5. The molecule has 0 saturated carbocycles. The fraction of sp³-hybridized carbons (Fsp3) is 0.636. The van der Waals surface area contributed by atoms with E-state index in [1.54, 1.807) is 11.7 Å². The number of Topliss-reactive ketones (excluding diaryl/α,β-unsaturated/α-hetero) is 1. The van der Waals surface area contributed by atoms with E-state index >= 15 is 0 Å². The number of rotatable bonds is 3. The predicted molar refractivity (Wildman–Crippen MR) is 64.3 cm³/mol. The molecule has 0 radical (unpaired) electrons. The lowest BCUT2D eigenvalue weighted by molar-refractivity contribution is -0.123. The molecule has 94 valence electrons. The maximum Gasteiger partial charge on any atom is 0.158 e. The van der Waals surface area contributed by atoms with Gasteiger partial charge in [-0.25, -0.2) is 0 Å². The molecular formula is C11H16ClN3O2. The second-order valence-electron chi connectivity index (χ2n) is 4.19. The minimum Gasteiger partial charge on any atom is -0.378 e. The van der Waals surface area contributed by atoms with Crippen molar-refractivity contribution in [2.24, 2.45) is 7.05 Å². The Morgan fingerprint density at radius 1 is 1.71 bits per heavy atom. The van der Waals surface area contributed by atoms with Crippen molar-refractivity contribution in [2.75, 3.05) is 19.8 Å². The molecule has 1 aromatic rings. The number of carbonyl (C=O) groups excluding carboxylic acids is 1. The summed E-state index contributed by atoms with van der Waals surface area (Å²) in [4.78, 5) is 12.0. The molecule has 17 heavy (non-hydrogen) atoms. The molecule has 1 N–H and O–H groups in total. The quantitative estimate of drug-likeness (QED) is 0.856.